The molecule has 2 heteroatoms. The van der Waals surface area contributed by atoms with Crippen molar-refractivity contribution in [3.63, 3.8) is 0 Å². The van der Waals surface area contributed by atoms with Gasteiger partial charge < -0.3 is 5.11 Å². The van der Waals surface area contributed by atoms with E-state index in [1.807, 2.05) is 0 Å². The molecule has 1 N–H and O–H groups in total. The van der Waals surface area contributed by atoms with Crippen LogP contribution >= 0.6 is 0 Å². The third-order valence-electron chi connectivity index (χ3n) is 0.428. The Balaban J connectivity index is 3.52. The molecule has 0 bridgehead atoms. The maximum atomic E-state index is 8.08. The predicted molar refractivity (Wildman–Crippen MR) is 23.4 cm³/mol. The summed E-state index contributed by atoms with van der Waals surface area (Å²) in [6, 6.07) is 0. The van der Waals surface area contributed by atoms with E-state index >= 15 is 0 Å². The number of aliphatic hydroxyl groups is 1. The number of hydrogen-bond donors (Lipinski definition) is 1. The molecule has 0 aromatic rings. The lowest BCUT2D eigenvalue weighted by atomic mass is 10.4. The third-order valence-corrected chi connectivity index (χ3v) is 0.428. The van der Waals surface area contributed by atoms with E-state index in [0.717, 1.165) is 0 Å². The van der Waals surface area contributed by atoms with Gasteiger partial charge in [-0.05, 0) is 6.92 Å². The fourth-order valence-corrected chi connectivity index (χ4v) is 0.0354. The topological polar surface area (TPSA) is 42.5 Å². The zero-order valence-electron chi connectivity index (χ0n) is 3.60. The van der Waals surface area contributed by atoms with Crippen molar-refractivity contribution in [2.75, 3.05) is 6.61 Å². The summed E-state index contributed by atoms with van der Waals surface area (Å²) in [7, 11) is 0. The van der Waals surface area contributed by atoms with Crippen molar-refractivity contribution < 1.29 is 5.11 Å². The molecule has 1 radical (unpaired) electrons. The van der Waals surface area contributed by atoms with Crippen molar-refractivity contribution in [2.45, 2.75) is 6.92 Å². The van der Waals surface area contributed by atoms with Crippen LogP contribution in [-0.2, 0) is 0 Å². The molecular formula is C4H6NO. The lowest BCUT2D eigenvalue weighted by Crippen LogP contribution is -1.82. The molecule has 0 aromatic heterocycles. The van der Waals surface area contributed by atoms with E-state index in [1.54, 1.807) is 12.8 Å². The summed E-state index contributed by atoms with van der Waals surface area (Å²) in [5.74, 6) is 1.78. The van der Waals surface area contributed by atoms with Gasteiger partial charge in [0.2, 0.25) is 0 Å². The number of nitrogens with zero attached hydrogens (tertiary/aromatic N) is 1. The molecule has 0 fully saturated rings. The van der Waals surface area contributed by atoms with Crippen molar-refractivity contribution in [3.8, 4) is 0 Å². The van der Waals surface area contributed by atoms with Crippen LogP contribution in [0.2, 0.25) is 0 Å². The van der Waals surface area contributed by atoms with E-state index in [1.165, 1.54) is 0 Å². The van der Waals surface area contributed by atoms with Crippen LogP contribution in [0.5, 0.6) is 0 Å². The first-order chi connectivity index (χ1) is 2.81. The van der Waals surface area contributed by atoms with Gasteiger partial charge in [-0.2, -0.15) is 0 Å². The first kappa shape index (κ1) is 5.41. The molecule has 0 aliphatic heterocycles. The van der Waals surface area contributed by atoms with Gasteiger partial charge >= 0.3 is 0 Å². The van der Waals surface area contributed by atoms with E-state index < -0.39 is 0 Å². The van der Waals surface area contributed by atoms with Crippen molar-refractivity contribution in [1.29, 1.82) is 0 Å². The van der Waals surface area contributed by atoms with Crippen LogP contribution in [0.1, 0.15) is 6.92 Å². The Hall–Kier alpha value is -0.590. The molecule has 0 unspecified atom stereocenters. The molecule has 0 atom stereocenters. The van der Waals surface area contributed by atoms with E-state index in [2.05, 4.69) is 0 Å². The van der Waals surface area contributed by atoms with Crippen LogP contribution in [0.15, 0.2) is 5.57 Å². The second-order valence-corrected chi connectivity index (χ2v) is 1.05. The molecule has 0 aliphatic rings. The van der Waals surface area contributed by atoms with Gasteiger partial charge in [0.25, 0.3) is 0 Å². The lowest BCUT2D eigenvalue weighted by molar-refractivity contribution is 0.333. The van der Waals surface area contributed by atoms with Gasteiger partial charge in [0.15, 0.2) is 0 Å². The maximum absolute atomic E-state index is 8.08. The summed E-state index contributed by atoms with van der Waals surface area (Å²) >= 11 is 0. The van der Waals surface area contributed by atoms with Gasteiger partial charge in [0, 0.05) is 11.4 Å². The molecule has 0 spiro atoms. The smallest absolute Gasteiger partial charge is 0.0729 e. The summed E-state index contributed by atoms with van der Waals surface area (Å²) < 4.78 is 0. The van der Waals surface area contributed by atoms with Crippen LogP contribution < -0.4 is 5.41 Å². The molecule has 0 amide bonds. The molecule has 0 saturated carbocycles. The second-order valence-electron chi connectivity index (χ2n) is 1.05. The van der Waals surface area contributed by atoms with Gasteiger partial charge in [0.05, 0.1) is 6.61 Å². The number of rotatable bonds is 1. The average Bonchev–Trinajstić information content (AvgIpc) is 1.65. The van der Waals surface area contributed by atoms with E-state index in [-0.39, 0.29) is 6.61 Å². The highest BCUT2D eigenvalue weighted by Gasteiger charge is 1.75. The first-order valence-corrected chi connectivity index (χ1v) is 1.64. The molecule has 0 saturated heterocycles. The Morgan fingerprint density at radius 1 is 2.00 bits per heavy atom. The highest BCUT2D eigenvalue weighted by atomic mass is 16.3. The zero-order chi connectivity index (χ0) is 4.99. The van der Waals surface area contributed by atoms with Gasteiger partial charge in [0.1, 0.15) is 0 Å². The van der Waals surface area contributed by atoms with E-state index in [0.29, 0.717) is 5.57 Å². The molecule has 0 rings (SSSR count). The highest BCUT2D eigenvalue weighted by molar-refractivity contribution is 5.54. The Morgan fingerprint density at radius 3 is 2.50 bits per heavy atom. The minimum absolute atomic E-state index is 0.115. The molecule has 0 aromatic carbocycles. The van der Waals surface area contributed by atoms with Crippen molar-refractivity contribution in [2.24, 2.45) is 0 Å². The van der Waals surface area contributed by atoms with E-state index in [9.17, 15) is 0 Å². The first-order valence-electron chi connectivity index (χ1n) is 1.64. The van der Waals surface area contributed by atoms with Gasteiger partial charge in [-0.25, -0.2) is 0 Å². The van der Waals surface area contributed by atoms with Gasteiger partial charge in [-0.1, -0.05) is 5.41 Å². The number of aliphatic hydroxyl groups excluding tert-OH is 1. The summed E-state index contributed by atoms with van der Waals surface area (Å²) in [6.45, 7) is 1.47. The molecular weight excluding hydrogens is 78.0 g/mol. The Kier molecular flexibility index (Phi) is 2.38. The molecule has 6 heavy (non-hydrogen) atoms. The summed E-state index contributed by atoms with van der Waals surface area (Å²) in [5, 5.41) is 16.0. The van der Waals surface area contributed by atoms with Gasteiger partial charge in [-0.3, -0.25) is 0 Å². The predicted octanol–water partition coefficient (Wildman–Crippen LogP) is -0.605. The van der Waals surface area contributed by atoms with Crippen LogP contribution in [0.25, 0.3) is 0 Å². The van der Waals surface area contributed by atoms with Crippen molar-refractivity contribution in [3.05, 3.63) is 5.57 Å². The zero-order valence-corrected chi connectivity index (χ0v) is 3.60. The summed E-state index contributed by atoms with van der Waals surface area (Å²) in [6.07, 6.45) is 0. The normalized spacial score (nSPS) is 7.00. The van der Waals surface area contributed by atoms with Gasteiger partial charge in [-0.15, -0.1) is 0 Å². The highest BCUT2D eigenvalue weighted by Crippen LogP contribution is 1.75. The van der Waals surface area contributed by atoms with Crippen molar-refractivity contribution in [1.82, 2.24) is 5.41 Å². The van der Waals surface area contributed by atoms with Crippen LogP contribution in [0, 0.1) is 0 Å². The Labute approximate surface area is 36.6 Å². The minimum Gasteiger partial charge on any atom is -0.391 e. The minimum atomic E-state index is -0.115. The molecule has 0 heterocycles. The fourth-order valence-electron chi connectivity index (χ4n) is 0.0354. The average molecular weight is 84.1 g/mol. The summed E-state index contributed by atoms with van der Waals surface area (Å²) in [5.41, 5.74) is 0.454. The van der Waals surface area contributed by atoms with E-state index in [4.69, 9.17) is 10.5 Å². The molecule has 33 valence electrons. The van der Waals surface area contributed by atoms with Crippen LogP contribution in [0.4, 0.5) is 0 Å². The second kappa shape index (κ2) is 2.64. The SMILES string of the molecule is CC(=C=[N])CO. The Bertz CT molecular complexity index is 81.5. The largest absolute Gasteiger partial charge is 0.391 e. The quantitative estimate of drug-likeness (QED) is 0.423. The fraction of sp³-hybridized carbons (Fsp3) is 0.500. The van der Waals surface area contributed by atoms with Crippen LogP contribution in [0.3, 0.4) is 0 Å². The molecule has 0 aliphatic carbocycles. The standard InChI is InChI=1S/C4H6NO/c1-4(2-5)3-6/h6H,3H2,1H3. The molecule has 2 nitrogen and oxygen atoms in total. The Morgan fingerprint density at radius 2 is 2.50 bits per heavy atom. The summed E-state index contributed by atoms with van der Waals surface area (Å²) in [4.78, 5) is 0. The third kappa shape index (κ3) is 1.70. The lowest BCUT2D eigenvalue weighted by Gasteiger charge is -1.78. The maximum Gasteiger partial charge on any atom is 0.0729 e. The van der Waals surface area contributed by atoms with Crippen molar-refractivity contribution >= 4 is 5.87 Å². The number of hydrogen-bond acceptors (Lipinski definition) is 1. The monoisotopic (exact) mass is 84.0 g/mol. The van der Waals surface area contributed by atoms with Crippen LogP contribution in [-0.4, -0.2) is 17.6 Å².